The van der Waals surface area contributed by atoms with E-state index in [0.29, 0.717) is 11.8 Å². The summed E-state index contributed by atoms with van der Waals surface area (Å²) in [5, 5.41) is 0. The van der Waals surface area contributed by atoms with Crippen molar-refractivity contribution >= 4 is 0 Å². The van der Waals surface area contributed by atoms with Crippen LogP contribution in [0.1, 0.15) is 30.4 Å². The summed E-state index contributed by atoms with van der Waals surface area (Å²) in [5.74, 6) is 2.19. The lowest BCUT2D eigenvalue weighted by Crippen LogP contribution is -2.50. The molecule has 2 aromatic rings. The molecule has 90 valence electrons. The van der Waals surface area contributed by atoms with Crippen LogP contribution < -0.4 is 4.74 Å². The first kappa shape index (κ1) is 10.2. The molecular formula is C17H16O. The van der Waals surface area contributed by atoms with E-state index < -0.39 is 0 Å². The summed E-state index contributed by atoms with van der Waals surface area (Å²) in [6, 6.07) is 19.2. The molecule has 1 fully saturated rings. The van der Waals surface area contributed by atoms with Crippen molar-refractivity contribution in [1.82, 2.24) is 0 Å². The molecule has 2 aromatic carbocycles. The standard InChI is InChI=1S/C17H16O/c1-12-11-15-14-9-5-6-10-16(14)18-17(12,15)13-7-3-2-4-8-13/h2-10,12,15H,11H2,1H3/t12?,15-,17+/m1/s1. The Morgan fingerprint density at radius 2 is 1.72 bits per heavy atom. The molecule has 1 heteroatoms. The van der Waals surface area contributed by atoms with Gasteiger partial charge in [0, 0.05) is 17.4 Å². The minimum Gasteiger partial charge on any atom is -0.481 e. The third-order valence-electron chi connectivity index (χ3n) is 4.64. The molecule has 1 saturated carbocycles. The van der Waals surface area contributed by atoms with Crippen LogP contribution in [0.3, 0.4) is 0 Å². The van der Waals surface area contributed by atoms with Crippen molar-refractivity contribution in [2.75, 3.05) is 0 Å². The molecule has 3 atom stereocenters. The minimum absolute atomic E-state index is 0.106. The van der Waals surface area contributed by atoms with E-state index in [4.69, 9.17) is 4.74 Å². The number of ether oxygens (including phenoxy) is 1. The Balaban J connectivity index is 1.87. The largest absolute Gasteiger partial charge is 0.481 e. The summed E-state index contributed by atoms with van der Waals surface area (Å²) in [4.78, 5) is 0. The van der Waals surface area contributed by atoms with Gasteiger partial charge < -0.3 is 4.74 Å². The zero-order valence-corrected chi connectivity index (χ0v) is 10.5. The Morgan fingerprint density at radius 1 is 1.00 bits per heavy atom. The summed E-state index contributed by atoms with van der Waals surface area (Å²) in [6.45, 7) is 2.30. The highest BCUT2D eigenvalue weighted by molar-refractivity contribution is 5.49. The molecule has 0 amide bonds. The lowest BCUT2D eigenvalue weighted by atomic mass is 9.58. The van der Waals surface area contributed by atoms with Crippen LogP contribution >= 0.6 is 0 Å². The highest BCUT2D eigenvalue weighted by Gasteiger charge is 2.61. The fourth-order valence-electron chi connectivity index (χ4n) is 3.70. The molecule has 1 aliphatic carbocycles. The van der Waals surface area contributed by atoms with E-state index in [2.05, 4.69) is 61.5 Å². The third-order valence-corrected chi connectivity index (χ3v) is 4.64. The number of benzene rings is 2. The van der Waals surface area contributed by atoms with Gasteiger partial charge in [-0.15, -0.1) is 0 Å². The van der Waals surface area contributed by atoms with Gasteiger partial charge in [0.1, 0.15) is 11.4 Å². The van der Waals surface area contributed by atoms with E-state index in [0.717, 1.165) is 5.75 Å². The second-order valence-corrected chi connectivity index (χ2v) is 5.49. The average Bonchev–Trinajstić information content (AvgIpc) is 2.70. The maximum atomic E-state index is 6.39. The molecule has 0 radical (unpaired) electrons. The van der Waals surface area contributed by atoms with Crippen LogP contribution in [0, 0.1) is 5.92 Å². The van der Waals surface area contributed by atoms with Crippen molar-refractivity contribution in [3.05, 3.63) is 65.7 Å². The monoisotopic (exact) mass is 236 g/mol. The summed E-state index contributed by atoms with van der Waals surface area (Å²) in [7, 11) is 0. The Hall–Kier alpha value is -1.76. The highest BCUT2D eigenvalue weighted by Crippen LogP contribution is 2.64. The second-order valence-electron chi connectivity index (χ2n) is 5.49. The van der Waals surface area contributed by atoms with Gasteiger partial charge in [-0.05, 0) is 18.1 Å². The molecule has 0 N–H and O–H groups in total. The van der Waals surface area contributed by atoms with Gasteiger partial charge in [-0.25, -0.2) is 0 Å². The van der Waals surface area contributed by atoms with Crippen LogP contribution in [-0.2, 0) is 5.60 Å². The van der Waals surface area contributed by atoms with E-state index >= 15 is 0 Å². The second kappa shape index (κ2) is 3.38. The average molecular weight is 236 g/mol. The van der Waals surface area contributed by atoms with E-state index in [-0.39, 0.29) is 5.60 Å². The lowest BCUT2D eigenvalue weighted by Gasteiger charge is -2.50. The van der Waals surface area contributed by atoms with Crippen LogP contribution in [0.4, 0.5) is 0 Å². The lowest BCUT2D eigenvalue weighted by molar-refractivity contribution is -0.0686. The van der Waals surface area contributed by atoms with Gasteiger partial charge >= 0.3 is 0 Å². The van der Waals surface area contributed by atoms with E-state index in [9.17, 15) is 0 Å². The molecule has 1 aliphatic heterocycles. The van der Waals surface area contributed by atoms with Gasteiger partial charge in [0.2, 0.25) is 0 Å². The Labute approximate surface area is 107 Å². The molecule has 0 spiro atoms. The predicted molar refractivity (Wildman–Crippen MR) is 71.7 cm³/mol. The van der Waals surface area contributed by atoms with Crippen molar-refractivity contribution in [1.29, 1.82) is 0 Å². The van der Waals surface area contributed by atoms with Crippen LogP contribution in [-0.4, -0.2) is 0 Å². The molecule has 1 heterocycles. The smallest absolute Gasteiger partial charge is 0.143 e. The van der Waals surface area contributed by atoms with Crippen LogP contribution in [0.2, 0.25) is 0 Å². The fourth-order valence-corrected chi connectivity index (χ4v) is 3.70. The summed E-state index contributed by atoms with van der Waals surface area (Å²) in [5.41, 5.74) is 2.61. The zero-order valence-electron chi connectivity index (χ0n) is 10.5. The quantitative estimate of drug-likeness (QED) is 0.724. The molecule has 1 nitrogen and oxygen atoms in total. The van der Waals surface area contributed by atoms with Crippen LogP contribution in [0.15, 0.2) is 54.6 Å². The van der Waals surface area contributed by atoms with Gasteiger partial charge in [-0.3, -0.25) is 0 Å². The Kier molecular flexibility index (Phi) is 1.91. The Morgan fingerprint density at radius 3 is 2.50 bits per heavy atom. The Bertz CT molecular complexity index is 590. The van der Waals surface area contributed by atoms with Gasteiger partial charge in [0.25, 0.3) is 0 Å². The number of rotatable bonds is 1. The minimum atomic E-state index is -0.106. The van der Waals surface area contributed by atoms with Crippen LogP contribution in [0.5, 0.6) is 5.75 Å². The first-order valence-corrected chi connectivity index (χ1v) is 6.66. The van der Waals surface area contributed by atoms with Crippen molar-refractivity contribution < 1.29 is 4.74 Å². The molecule has 1 unspecified atom stereocenters. The first-order chi connectivity index (χ1) is 8.82. The molecule has 18 heavy (non-hydrogen) atoms. The fraction of sp³-hybridized carbons (Fsp3) is 0.294. The van der Waals surface area contributed by atoms with Gasteiger partial charge in [0.15, 0.2) is 0 Å². The molecule has 2 aliphatic rings. The number of fused-ring (bicyclic) bond motifs is 3. The summed E-state index contributed by atoms with van der Waals surface area (Å²) >= 11 is 0. The molecule has 4 rings (SSSR count). The van der Waals surface area contributed by atoms with Crippen molar-refractivity contribution in [3.8, 4) is 5.75 Å². The maximum absolute atomic E-state index is 6.39. The molecular weight excluding hydrogens is 220 g/mol. The molecule has 0 aromatic heterocycles. The third kappa shape index (κ3) is 1.07. The maximum Gasteiger partial charge on any atom is 0.143 e. The molecule has 0 saturated heterocycles. The number of para-hydroxylation sites is 1. The summed E-state index contributed by atoms with van der Waals surface area (Å²) in [6.07, 6.45) is 1.23. The van der Waals surface area contributed by atoms with E-state index in [1.807, 2.05) is 0 Å². The van der Waals surface area contributed by atoms with Gasteiger partial charge in [-0.1, -0.05) is 55.5 Å². The van der Waals surface area contributed by atoms with Crippen molar-refractivity contribution in [3.63, 3.8) is 0 Å². The number of hydrogen-bond donors (Lipinski definition) is 0. The highest BCUT2D eigenvalue weighted by atomic mass is 16.5. The van der Waals surface area contributed by atoms with Gasteiger partial charge in [0.05, 0.1) is 0 Å². The van der Waals surface area contributed by atoms with E-state index in [1.165, 1.54) is 17.5 Å². The van der Waals surface area contributed by atoms with Gasteiger partial charge in [-0.2, -0.15) is 0 Å². The van der Waals surface area contributed by atoms with Crippen molar-refractivity contribution in [2.45, 2.75) is 24.9 Å². The normalized spacial score (nSPS) is 32.1. The SMILES string of the molecule is CC1C[C@@H]2c3ccccc3O[C@]12c1ccccc1. The first-order valence-electron chi connectivity index (χ1n) is 6.66. The van der Waals surface area contributed by atoms with E-state index in [1.54, 1.807) is 0 Å². The number of hydrogen-bond acceptors (Lipinski definition) is 1. The molecule has 0 bridgehead atoms. The zero-order chi connectivity index (χ0) is 12.2. The van der Waals surface area contributed by atoms with Crippen LogP contribution in [0.25, 0.3) is 0 Å². The topological polar surface area (TPSA) is 9.23 Å². The van der Waals surface area contributed by atoms with Crippen molar-refractivity contribution in [2.24, 2.45) is 5.92 Å². The summed E-state index contributed by atoms with van der Waals surface area (Å²) < 4.78 is 6.39. The predicted octanol–water partition coefficient (Wildman–Crippen LogP) is 4.10.